The van der Waals surface area contributed by atoms with Gasteiger partial charge < -0.3 is 10.1 Å². The summed E-state index contributed by atoms with van der Waals surface area (Å²) in [6.45, 7) is 4.53. The van der Waals surface area contributed by atoms with Crippen molar-refractivity contribution >= 4 is 21.7 Å². The highest BCUT2D eigenvalue weighted by Crippen LogP contribution is 2.29. The van der Waals surface area contributed by atoms with E-state index in [9.17, 15) is 4.39 Å². The summed E-state index contributed by atoms with van der Waals surface area (Å²) in [5.74, 6) is 0.710. The lowest BCUT2D eigenvalue weighted by molar-refractivity contribution is 0.423. The number of halogens is 2. The second kappa shape index (κ2) is 5.97. The Balaban J connectivity index is 2.30. The molecule has 19 heavy (non-hydrogen) atoms. The maximum absolute atomic E-state index is 13.7. The van der Waals surface area contributed by atoms with Crippen LogP contribution in [0, 0.1) is 12.7 Å². The van der Waals surface area contributed by atoms with Crippen LogP contribution in [0.4, 0.5) is 10.2 Å². The summed E-state index contributed by atoms with van der Waals surface area (Å²) >= 11 is 3.20. The number of anilines is 1. The smallest absolute Gasteiger partial charge is 0.227 e. The lowest BCUT2D eigenvalue weighted by Crippen LogP contribution is -2.04. The Bertz CT molecular complexity index is 592. The first-order chi connectivity index (χ1) is 9.11. The van der Waals surface area contributed by atoms with Crippen molar-refractivity contribution in [1.82, 2.24) is 9.97 Å². The van der Waals surface area contributed by atoms with Crippen LogP contribution >= 0.6 is 15.9 Å². The maximum atomic E-state index is 13.7. The fraction of sp³-hybridized carbons (Fsp3) is 0.231. The number of hydrogen-bond acceptors (Lipinski definition) is 4. The molecule has 6 heteroatoms. The topological polar surface area (TPSA) is 47.0 Å². The zero-order valence-electron chi connectivity index (χ0n) is 10.6. The average molecular weight is 326 g/mol. The lowest BCUT2D eigenvalue weighted by Gasteiger charge is -2.11. The molecule has 1 aromatic heterocycles. The summed E-state index contributed by atoms with van der Waals surface area (Å²) in [7, 11) is 0. The zero-order chi connectivity index (χ0) is 13.8. The van der Waals surface area contributed by atoms with Gasteiger partial charge in [0.1, 0.15) is 12.1 Å². The van der Waals surface area contributed by atoms with Gasteiger partial charge in [0.05, 0.1) is 5.56 Å². The predicted octanol–water partition coefficient (Wildman–Crippen LogP) is 3.91. The van der Waals surface area contributed by atoms with E-state index >= 15 is 0 Å². The number of rotatable bonds is 4. The molecular weight excluding hydrogens is 313 g/mol. The molecule has 0 saturated heterocycles. The first-order valence-electron chi connectivity index (χ1n) is 5.80. The van der Waals surface area contributed by atoms with E-state index in [2.05, 4.69) is 31.2 Å². The molecule has 0 amide bonds. The van der Waals surface area contributed by atoms with E-state index in [1.807, 2.05) is 13.8 Å². The normalized spacial score (nSPS) is 10.3. The molecule has 0 spiro atoms. The highest BCUT2D eigenvalue weighted by Gasteiger charge is 2.11. The van der Waals surface area contributed by atoms with Crippen molar-refractivity contribution in [3.8, 4) is 11.6 Å². The van der Waals surface area contributed by atoms with Gasteiger partial charge in [0.15, 0.2) is 11.6 Å². The van der Waals surface area contributed by atoms with E-state index in [0.29, 0.717) is 16.2 Å². The number of nitrogens with one attached hydrogen (secondary N) is 1. The molecule has 4 nitrogen and oxygen atoms in total. The van der Waals surface area contributed by atoms with Crippen LogP contribution in [0.15, 0.2) is 29.0 Å². The van der Waals surface area contributed by atoms with Crippen LogP contribution in [0.2, 0.25) is 0 Å². The second-order valence-electron chi connectivity index (χ2n) is 3.86. The van der Waals surface area contributed by atoms with Gasteiger partial charge in [-0.1, -0.05) is 15.9 Å². The number of aromatic nitrogens is 2. The minimum absolute atomic E-state index is 0.132. The van der Waals surface area contributed by atoms with Crippen molar-refractivity contribution in [1.29, 1.82) is 0 Å². The summed E-state index contributed by atoms with van der Waals surface area (Å²) in [6, 6.07) is 4.60. The highest BCUT2D eigenvalue weighted by molar-refractivity contribution is 9.10. The monoisotopic (exact) mass is 325 g/mol. The van der Waals surface area contributed by atoms with Crippen LogP contribution in [0.1, 0.15) is 12.5 Å². The summed E-state index contributed by atoms with van der Waals surface area (Å²) in [5.41, 5.74) is 0.742. The van der Waals surface area contributed by atoms with Gasteiger partial charge in [0.2, 0.25) is 5.88 Å². The summed E-state index contributed by atoms with van der Waals surface area (Å²) in [6.07, 6.45) is 1.39. The molecule has 0 saturated carbocycles. The number of benzene rings is 1. The SMILES string of the molecule is CCNc1ncnc(Oc2ccc(Br)cc2F)c1C. The Labute approximate surface area is 119 Å². The molecule has 0 radical (unpaired) electrons. The molecular formula is C13H13BrFN3O. The first kappa shape index (κ1) is 13.7. The van der Waals surface area contributed by atoms with Crippen molar-refractivity contribution in [2.75, 3.05) is 11.9 Å². The van der Waals surface area contributed by atoms with E-state index in [1.165, 1.54) is 12.4 Å². The van der Waals surface area contributed by atoms with Gasteiger partial charge in [-0.2, -0.15) is 0 Å². The van der Waals surface area contributed by atoms with Crippen molar-refractivity contribution < 1.29 is 9.13 Å². The molecule has 0 unspecified atom stereocenters. The molecule has 1 heterocycles. The van der Waals surface area contributed by atoms with Gasteiger partial charge in [0, 0.05) is 11.0 Å². The van der Waals surface area contributed by atoms with Gasteiger partial charge in [-0.15, -0.1) is 0 Å². The minimum Gasteiger partial charge on any atom is -0.435 e. The third kappa shape index (κ3) is 3.20. The molecule has 0 bridgehead atoms. The van der Waals surface area contributed by atoms with Crippen LogP contribution in [-0.2, 0) is 0 Å². The van der Waals surface area contributed by atoms with Crippen molar-refractivity contribution in [2.24, 2.45) is 0 Å². The number of ether oxygens (including phenoxy) is 1. The quantitative estimate of drug-likeness (QED) is 0.925. The standard InChI is InChI=1S/C13H13BrFN3O/c1-3-16-12-8(2)13(18-7-17-12)19-11-5-4-9(14)6-10(11)15/h4-7H,3H2,1-2H3,(H,16,17,18). The van der Waals surface area contributed by atoms with Crippen molar-refractivity contribution in [3.05, 3.63) is 40.4 Å². The van der Waals surface area contributed by atoms with Crippen molar-refractivity contribution in [3.63, 3.8) is 0 Å². The Morgan fingerprint density at radius 1 is 1.37 bits per heavy atom. The van der Waals surface area contributed by atoms with Crippen LogP contribution in [0.25, 0.3) is 0 Å². The molecule has 1 N–H and O–H groups in total. The Kier molecular flexibility index (Phi) is 4.31. The van der Waals surface area contributed by atoms with E-state index in [-0.39, 0.29) is 5.75 Å². The fourth-order valence-electron chi connectivity index (χ4n) is 1.54. The Morgan fingerprint density at radius 2 is 2.16 bits per heavy atom. The van der Waals surface area contributed by atoms with Gasteiger partial charge >= 0.3 is 0 Å². The summed E-state index contributed by atoms with van der Waals surface area (Å²) in [4.78, 5) is 8.13. The van der Waals surface area contributed by atoms with Gasteiger partial charge in [-0.05, 0) is 32.0 Å². The zero-order valence-corrected chi connectivity index (χ0v) is 12.2. The largest absolute Gasteiger partial charge is 0.435 e. The van der Waals surface area contributed by atoms with Crippen LogP contribution in [0.5, 0.6) is 11.6 Å². The van der Waals surface area contributed by atoms with Crippen LogP contribution in [-0.4, -0.2) is 16.5 Å². The predicted molar refractivity (Wildman–Crippen MR) is 75.1 cm³/mol. The Morgan fingerprint density at radius 3 is 2.84 bits per heavy atom. The van der Waals surface area contributed by atoms with Crippen LogP contribution in [0.3, 0.4) is 0 Å². The van der Waals surface area contributed by atoms with Gasteiger partial charge in [-0.3, -0.25) is 0 Å². The minimum atomic E-state index is -0.447. The van der Waals surface area contributed by atoms with E-state index in [4.69, 9.17) is 4.74 Å². The summed E-state index contributed by atoms with van der Waals surface area (Å²) < 4.78 is 19.9. The lowest BCUT2D eigenvalue weighted by atomic mass is 10.3. The van der Waals surface area contributed by atoms with Crippen molar-refractivity contribution in [2.45, 2.75) is 13.8 Å². The highest BCUT2D eigenvalue weighted by atomic mass is 79.9. The van der Waals surface area contributed by atoms with Crippen LogP contribution < -0.4 is 10.1 Å². The molecule has 0 fully saturated rings. The molecule has 0 aliphatic heterocycles. The number of hydrogen-bond donors (Lipinski definition) is 1. The molecule has 0 aliphatic carbocycles. The molecule has 2 rings (SSSR count). The summed E-state index contributed by atoms with van der Waals surface area (Å²) in [5, 5.41) is 3.09. The fourth-order valence-corrected chi connectivity index (χ4v) is 1.88. The molecule has 100 valence electrons. The third-order valence-corrected chi connectivity index (χ3v) is 2.98. The number of nitrogens with zero attached hydrogens (tertiary/aromatic N) is 2. The average Bonchev–Trinajstić information content (AvgIpc) is 2.37. The molecule has 2 aromatic rings. The van der Waals surface area contributed by atoms with E-state index < -0.39 is 5.82 Å². The third-order valence-electron chi connectivity index (χ3n) is 2.48. The maximum Gasteiger partial charge on any atom is 0.227 e. The molecule has 0 aliphatic rings. The van der Waals surface area contributed by atoms with E-state index in [1.54, 1.807) is 12.1 Å². The Hall–Kier alpha value is -1.69. The molecule has 1 aromatic carbocycles. The second-order valence-corrected chi connectivity index (χ2v) is 4.78. The van der Waals surface area contributed by atoms with Gasteiger partial charge in [-0.25, -0.2) is 14.4 Å². The molecule has 0 atom stereocenters. The van der Waals surface area contributed by atoms with E-state index in [0.717, 1.165) is 12.1 Å². The van der Waals surface area contributed by atoms with Gasteiger partial charge in [0.25, 0.3) is 0 Å². The first-order valence-corrected chi connectivity index (χ1v) is 6.59.